The summed E-state index contributed by atoms with van der Waals surface area (Å²) in [7, 11) is 1.67. The highest BCUT2D eigenvalue weighted by atomic mass is 16.6. The first-order valence-corrected chi connectivity index (χ1v) is 5.82. The Kier molecular flexibility index (Phi) is 3.91. The van der Waals surface area contributed by atoms with Crippen LogP contribution >= 0.6 is 0 Å². The number of amides is 1. The maximum absolute atomic E-state index is 12.0. The number of rotatable bonds is 3. The van der Waals surface area contributed by atoms with Crippen LogP contribution in [-0.4, -0.2) is 36.0 Å². The van der Waals surface area contributed by atoms with Gasteiger partial charge in [-0.05, 0) is 13.8 Å². The van der Waals surface area contributed by atoms with E-state index in [0.29, 0.717) is 12.3 Å². The molecule has 96 valence electrons. The Morgan fingerprint density at radius 2 is 2.12 bits per heavy atom. The number of hydrazone groups is 1. The highest BCUT2D eigenvalue weighted by Gasteiger charge is 2.41. The molecule has 1 atom stereocenters. The van der Waals surface area contributed by atoms with Crippen LogP contribution in [0.1, 0.15) is 34.6 Å². The van der Waals surface area contributed by atoms with Crippen LogP contribution in [0.2, 0.25) is 0 Å². The second kappa shape index (κ2) is 4.85. The van der Waals surface area contributed by atoms with Gasteiger partial charge in [-0.25, -0.2) is 5.01 Å². The van der Waals surface area contributed by atoms with Crippen molar-refractivity contribution in [1.82, 2.24) is 5.01 Å². The van der Waals surface area contributed by atoms with Crippen molar-refractivity contribution >= 4 is 17.3 Å². The van der Waals surface area contributed by atoms with Gasteiger partial charge < -0.3 is 4.84 Å². The van der Waals surface area contributed by atoms with Gasteiger partial charge in [0, 0.05) is 12.5 Å². The molecule has 0 saturated heterocycles. The molecule has 1 aliphatic heterocycles. The number of carbonyl (C=O) groups excluding carboxylic acids is 1. The monoisotopic (exact) mass is 239 g/mol. The first kappa shape index (κ1) is 13.7. The second-order valence-electron chi connectivity index (χ2n) is 5.18. The minimum Gasteiger partial charge on any atom is -0.396 e. The Hall–Kier alpha value is -1.39. The molecule has 0 radical (unpaired) electrons. The summed E-state index contributed by atoms with van der Waals surface area (Å²) in [6.07, 6.45) is 0. The molecule has 0 fully saturated rings. The highest BCUT2D eigenvalue weighted by molar-refractivity contribution is 6.24. The first-order chi connectivity index (χ1) is 7.79. The smallest absolute Gasteiger partial charge is 0.257 e. The summed E-state index contributed by atoms with van der Waals surface area (Å²) < 4.78 is 0. The molecule has 0 aromatic heterocycles. The Morgan fingerprint density at radius 1 is 1.53 bits per heavy atom. The zero-order chi connectivity index (χ0) is 13.2. The molecule has 0 saturated carbocycles. The van der Waals surface area contributed by atoms with Gasteiger partial charge in [0.1, 0.15) is 12.5 Å². The van der Waals surface area contributed by atoms with Gasteiger partial charge in [0.05, 0.1) is 11.4 Å². The molecular weight excluding hydrogens is 218 g/mol. The quantitative estimate of drug-likeness (QED) is 0.558. The molecule has 1 rings (SSSR count). The molecule has 0 spiro atoms. The van der Waals surface area contributed by atoms with Crippen molar-refractivity contribution in [2.45, 2.75) is 34.6 Å². The molecular formula is C12H21N3O2. The molecule has 5 nitrogen and oxygen atoms in total. The third-order valence-electron chi connectivity index (χ3n) is 2.62. The molecule has 1 heterocycles. The largest absolute Gasteiger partial charge is 0.396 e. The highest BCUT2D eigenvalue weighted by Crippen LogP contribution is 2.29. The van der Waals surface area contributed by atoms with E-state index in [2.05, 4.69) is 10.3 Å². The number of hydrogen-bond acceptors (Lipinski definition) is 4. The average Bonchev–Trinajstić information content (AvgIpc) is 2.52. The maximum atomic E-state index is 12.0. The lowest BCUT2D eigenvalue weighted by Crippen LogP contribution is -2.35. The van der Waals surface area contributed by atoms with Gasteiger partial charge in [0.2, 0.25) is 0 Å². The third kappa shape index (κ3) is 2.84. The molecule has 0 aliphatic carbocycles. The fourth-order valence-electron chi connectivity index (χ4n) is 1.75. The fraction of sp³-hybridized carbons (Fsp3) is 0.750. The Morgan fingerprint density at radius 3 is 2.59 bits per heavy atom. The first-order valence-electron chi connectivity index (χ1n) is 5.82. The van der Waals surface area contributed by atoms with E-state index in [1.807, 2.05) is 27.7 Å². The van der Waals surface area contributed by atoms with Crippen molar-refractivity contribution in [3.05, 3.63) is 0 Å². The van der Waals surface area contributed by atoms with Crippen LogP contribution in [0.5, 0.6) is 0 Å². The summed E-state index contributed by atoms with van der Waals surface area (Å²) in [5, 5.41) is 9.66. The zero-order valence-electron chi connectivity index (χ0n) is 11.4. The maximum Gasteiger partial charge on any atom is 0.257 e. The van der Waals surface area contributed by atoms with Crippen LogP contribution in [0, 0.1) is 11.3 Å². The topological polar surface area (TPSA) is 54.3 Å². The van der Waals surface area contributed by atoms with E-state index in [1.54, 1.807) is 14.0 Å². The van der Waals surface area contributed by atoms with Crippen molar-refractivity contribution in [2.24, 2.45) is 21.6 Å². The van der Waals surface area contributed by atoms with Gasteiger partial charge >= 0.3 is 0 Å². The predicted molar refractivity (Wildman–Crippen MR) is 67.9 cm³/mol. The molecule has 0 aromatic rings. The van der Waals surface area contributed by atoms with Crippen LogP contribution < -0.4 is 0 Å². The minimum atomic E-state index is -0.383. The lowest BCUT2D eigenvalue weighted by molar-refractivity contribution is -0.129. The molecule has 0 aromatic carbocycles. The summed E-state index contributed by atoms with van der Waals surface area (Å²) >= 11 is 0. The predicted octanol–water partition coefficient (Wildman–Crippen LogP) is 1.89. The fourth-order valence-corrected chi connectivity index (χ4v) is 1.75. The molecule has 17 heavy (non-hydrogen) atoms. The molecule has 1 aliphatic rings. The lowest BCUT2D eigenvalue weighted by atomic mass is 9.80. The summed E-state index contributed by atoms with van der Waals surface area (Å²) in [5.41, 5.74) is 1.34. The minimum absolute atomic E-state index is 0.0455. The van der Waals surface area contributed by atoms with Gasteiger partial charge in [0.25, 0.3) is 5.91 Å². The van der Waals surface area contributed by atoms with Gasteiger partial charge in [-0.2, -0.15) is 5.10 Å². The van der Waals surface area contributed by atoms with Crippen molar-refractivity contribution in [3.63, 3.8) is 0 Å². The van der Waals surface area contributed by atoms with Gasteiger partial charge in [-0.1, -0.05) is 25.9 Å². The third-order valence-corrected chi connectivity index (χ3v) is 2.62. The van der Waals surface area contributed by atoms with Crippen LogP contribution in [0.15, 0.2) is 10.3 Å². The zero-order valence-corrected chi connectivity index (χ0v) is 11.4. The Bertz CT molecular complexity index is 366. The van der Waals surface area contributed by atoms with E-state index in [4.69, 9.17) is 4.84 Å². The van der Waals surface area contributed by atoms with Crippen molar-refractivity contribution in [1.29, 1.82) is 0 Å². The van der Waals surface area contributed by atoms with E-state index in [-0.39, 0.29) is 17.2 Å². The Labute approximate surface area is 102 Å². The molecule has 1 unspecified atom stereocenters. The van der Waals surface area contributed by atoms with Crippen molar-refractivity contribution in [2.75, 3.05) is 13.7 Å². The average molecular weight is 239 g/mol. The number of oxime groups is 1. The standard InChI is InChI=1S/C12H21N3O2/c1-7-17-14-8(2)9-10(12(3,4)5)13-15(6)11(9)16/h9H,7H2,1-6H3. The van der Waals surface area contributed by atoms with Gasteiger partial charge in [-0.15, -0.1) is 0 Å². The summed E-state index contributed by atoms with van der Waals surface area (Å²) in [4.78, 5) is 17.1. The summed E-state index contributed by atoms with van der Waals surface area (Å²) in [6, 6.07) is 0. The molecule has 1 amide bonds. The van der Waals surface area contributed by atoms with Gasteiger partial charge in [0.15, 0.2) is 0 Å². The van der Waals surface area contributed by atoms with Crippen LogP contribution in [0.4, 0.5) is 0 Å². The van der Waals surface area contributed by atoms with E-state index >= 15 is 0 Å². The van der Waals surface area contributed by atoms with E-state index < -0.39 is 0 Å². The normalized spacial score (nSPS) is 21.9. The van der Waals surface area contributed by atoms with Crippen molar-refractivity contribution in [3.8, 4) is 0 Å². The molecule has 5 heteroatoms. The van der Waals surface area contributed by atoms with E-state index in [1.165, 1.54) is 5.01 Å². The lowest BCUT2D eigenvalue weighted by Gasteiger charge is -2.22. The van der Waals surface area contributed by atoms with Crippen LogP contribution in [0.25, 0.3) is 0 Å². The van der Waals surface area contributed by atoms with E-state index in [9.17, 15) is 4.79 Å². The number of nitrogens with zero attached hydrogens (tertiary/aromatic N) is 3. The second-order valence-corrected chi connectivity index (χ2v) is 5.18. The molecule has 0 N–H and O–H groups in total. The SMILES string of the molecule is CCON=C(C)C1C(=O)N(C)N=C1C(C)(C)C. The van der Waals surface area contributed by atoms with E-state index in [0.717, 1.165) is 5.71 Å². The number of hydrogen-bond donors (Lipinski definition) is 0. The summed E-state index contributed by atoms with van der Waals surface area (Å²) in [5.74, 6) is -0.428. The Balaban J connectivity index is 3.04. The van der Waals surface area contributed by atoms with Crippen LogP contribution in [-0.2, 0) is 9.63 Å². The van der Waals surface area contributed by atoms with Crippen LogP contribution in [0.3, 0.4) is 0 Å². The molecule has 0 bridgehead atoms. The summed E-state index contributed by atoms with van der Waals surface area (Å²) in [6.45, 7) is 10.3. The van der Waals surface area contributed by atoms with Crippen molar-refractivity contribution < 1.29 is 9.63 Å². The van der Waals surface area contributed by atoms with Gasteiger partial charge in [-0.3, -0.25) is 4.79 Å². The number of carbonyl (C=O) groups is 1.